The molecule has 1 heterocycles. The molecule has 0 bridgehead atoms. The predicted molar refractivity (Wildman–Crippen MR) is 79.9 cm³/mol. The largest absolute Gasteiger partial charge is 0.467 e. The van der Waals surface area contributed by atoms with Crippen LogP contribution >= 0.6 is 11.3 Å². The minimum Gasteiger partial charge on any atom is -0.467 e. The molecule has 2 aromatic rings. The van der Waals surface area contributed by atoms with Crippen LogP contribution in [-0.2, 0) is 9.53 Å². The Morgan fingerprint density at radius 1 is 1.29 bits per heavy atom. The maximum atomic E-state index is 13.2. The summed E-state index contributed by atoms with van der Waals surface area (Å²) in [6.07, 6.45) is 0. The minimum atomic E-state index is -0.704. The third-order valence-electron chi connectivity index (χ3n) is 3.11. The second-order valence-electron chi connectivity index (χ2n) is 5.01. The molecule has 21 heavy (non-hydrogen) atoms. The fourth-order valence-electron chi connectivity index (χ4n) is 1.95. The summed E-state index contributed by atoms with van der Waals surface area (Å²) < 4.78 is 18.5. The number of benzene rings is 1. The quantitative estimate of drug-likeness (QED) is 0.883. The van der Waals surface area contributed by atoms with Gasteiger partial charge in [0.05, 0.1) is 12.0 Å². The Hall–Kier alpha value is -1.95. The summed E-state index contributed by atoms with van der Waals surface area (Å²) in [5.41, 5.74) is 0. The number of amides is 1. The van der Waals surface area contributed by atoms with Gasteiger partial charge >= 0.3 is 5.97 Å². The molecule has 4 nitrogen and oxygen atoms in total. The highest BCUT2D eigenvalue weighted by molar-refractivity contribution is 7.20. The number of rotatable bonds is 4. The average molecular weight is 309 g/mol. The lowest BCUT2D eigenvalue weighted by atomic mass is 10.0. The first-order chi connectivity index (χ1) is 9.92. The van der Waals surface area contributed by atoms with Crippen LogP contribution in [0.4, 0.5) is 4.39 Å². The Morgan fingerprint density at radius 2 is 2.00 bits per heavy atom. The van der Waals surface area contributed by atoms with Crippen LogP contribution in [0.3, 0.4) is 0 Å². The molecule has 1 aromatic heterocycles. The highest BCUT2D eigenvalue weighted by atomic mass is 32.1. The van der Waals surface area contributed by atoms with Crippen molar-refractivity contribution in [2.45, 2.75) is 19.9 Å². The van der Waals surface area contributed by atoms with Gasteiger partial charge in [-0.1, -0.05) is 19.9 Å². The summed E-state index contributed by atoms with van der Waals surface area (Å²) in [6, 6.07) is 5.34. The van der Waals surface area contributed by atoms with Gasteiger partial charge in [0.1, 0.15) is 11.9 Å². The van der Waals surface area contributed by atoms with E-state index in [1.807, 2.05) is 13.8 Å². The van der Waals surface area contributed by atoms with Crippen LogP contribution in [0.25, 0.3) is 10.1 Å². The lowest BCUT2D eigenvalue weighted by molar-refractivity contribution is -0.144. The van der Waals surface area contributed by atoms with Gasteiger partial charge in [0.15, 0.2) is 0 Å². The van der Waals surface area contributed by atoms with Crippen molar-refractivity contribution in [2.24, 2.45) is 5.92 Å². The molecule has 0 saturated carbocycles. The SMILES string of the molecule is COC(=O)C(NC(=O)c1cc2ccc(F)cc2s1)C(C)C. The minimum absolute atomic E-state index is 0.0896. The predicted octanol–water partition coefficient (Wildman–Crippen LogP) is 2.97. The Labute approximate surface area is 125 Å². The fourth-order valence-corrected chi connectivity index (χ4v) is 2.94. The first-order valence-electron chi connectivity index (χ1n) is 6.50. The van der Waals surface area contributed by atoms with Crippen molar-refractivity contribution in [3.8, 4) is 0 Å². The summed E-state index contributed by atoms with van der Waals surface area (Å²) in [4.78, 5) is 24.3. The number of carbonyl (C=O) groups is 2. The number of carbonyl (C=O) groups excluding carboxylic acids is 2. The summed E-state index contributed by atoms with van der Waals surface area (Å²) in [6.45, 7) is 3.64. The molecule has 0 aliphatic rings. The highest BCUT2D eigenvalue weighted by Crippen LogP contribution is 2.26. The summed E-state index contributed by atoms with van der Waals surface area (Å²) >= 11 is 1.19. The summed E-state index contributed by atoms with van der Waals surface area (Å²) in [7, 11) is 1.28. The van der Waals surface area contributed by atoms with Crippen molar-refractivity contribution in [3.05, 3.63) is 35.0 Å². The molecule has 0 radical (unpaired) electrons. The number of methoxy groups -OCH3 is 1. The van der Waals surface area contributed by atoms with Crippen LogP contribution in [0.2, 0.25) is 0 Å². The maximum Gasteiger partial charge on any atom is 0.328 e. The van der Waals surface area contributed by atoms with Gasteiger partial charge in [0, 0.05) is 4.70 Å². The Kier molecular flexibility index (Phi) is 4.57. The van der Waals surface area contributed by atoms with Gasteiger partial charge in [0.25, 0.3) is 5.91 Å². The molecule has 0 spiro atoms. The van der Waals surface area contributed by atoms with Crippen LogP contribution in [-0.4, -0.2) is 25.0 Å². The molecule has 1 aromatic carbocycles. The summed E-state index contributed by atoms with van der Waals surface area (Å²) in [5, 5.41) is 3.46. The second kappa shape index (κ2) is 6.22. The van der Waals surface area contributed by atoms with E-state index in [4.69, 9.17) is 0 Å². The molecule has 0 aliphatic heterocycles. The van der Waals surface area contributed by atoms with Crippen LogP contribution in [0.15, 0.2) is 24.3 Å². The van der Waals surface area contributed by atoms with E-state index in [1.165, 1.54) is 30.6 Å². The number of ether oxygens (including phenoxy) is 1. The molecule has 0 fully saturated rings. The van der Waals surface area contributed by atoms with E-state index in [0.717, 1.165) is 5.39 Å². The first-order valence-corrected chi connectivity index (χ1v) is 7.32. The van der Waals surface area contributed by atoms with Crippen molar-refractivity contribution >= 4 is 33.3 Å². The van der Waals surface area contributed by atoms with E-state index in [0.29, 0.717) is 9.58 Å². The van der Waals surface area contributed by atoms with Crippen LogP contribution in [0, 0.1) is 11.7 Å². The van der Waals surface area contributed by atoms with Crippen LogP contribution in [0.1, 0.15) is 23.5 Å². The number of fused-ring (bicyclic) bond motifs is 1. The molecular weight excluding hydrogens is 293 g/mol. The topological polar surface area (TPSA) is 55.4 Å². The van der Waals surface area contributed by atoms with E-state index in [2.05, 4.69) is 10.1 Å². The number of halogens is 1. The van der Waals surface area contributed by atoms with E-state index in [-0.39, 0.29) is 17.6 Å². The molecule has 112 valence electrons. The van der Waals surface area contributed by atoms with Gasteiger partial charge in [-0.05, 0) is 29.5 Å². The zero-order valence-corrected chi connectivity index (χ0v) is 12.8. The third-order valence-corrected chi connectivity index (χ3v) is 4.21. The Morgan fingerprint density at radius 3 is 2.62 bits per heavy atom. The Balaban J connectivity index is 2.23. The molecule has 1 atom stereocenters. The normalized spacial score (nSPS) is 12.4. The first kappa shape index (κ1) is 15.4. The summed E-state index contributed by atoms with van der Waals surface area (Å²) in [5.74, 6) is -1.27. The smallest absolute Gasteiger partial charge is 0.328 e. The van der Waals surface area contributed by atoms with E-state index in [1.54, 1.807) is 12.1 Å². The molecule has 0 saturated heterocycles. The lowest BCUT2D eigenvalue weighted by Gasteiger charge is -2.19. The van der Waals surface area contributed by atoms with Crippen molar-refractivity contribution in [3.63, 3.8) is 0 Å². The van der Waals surface area contributed by atoms with Gasteiger partial charge in [-0.25, -0.2) is 9.18 Å². The Bertz CT molecular complexity index is 681. The average Bonchev–Trinajstić information content (AvgIpc) is 2.86. The lowest BCUT2D eigenvalue weighted by Crippen LogP contribution is -2.44. The van der Waals surface area contributed by atoms with Gasteiger partial charge in [-0.3, -0.25) is 4.79 Å². The van der Waals surface area contributed by atoms with Gasteiger partial charge in [-0.15, -0.1) is 11.3 Å². The fraction of sp³-hybridized carbons (Fsp3) is 0.333. The van der Waals surface area contributed by atoms with E-state index < -0.39 is 12.0 Å². The van der Waals surface area contributed by atoms with Crippen LogP contribution < -0.4 is 5.32 Å². The van der Waals surface area contributed by atoms with Crippen molar-refractivity contribution in [1.82, 2.24) is 5.32 Å². The number of hydrogen-bond donors (Lipinski definition) is 1. The molecule has 2 rings (SSSR count). The maximum absolute atomic E-state index is 13.2. The monoisotopic (exact) mass is 309 g/mol. The van der Waals surface area contributed by atoms with Gasteiger partial charge in [0.2, 0.25) is 0 Å². The second-order valence-corrected chi connectivity index (χ2v) is 6.09. The number of esters is 1. The van der Waals surface area contributed by atoms with E-state index >= 15 is 0 Å². The molecule has 0 aliphatic carbocycles. The molecule has 6 heteroatoms. The van der Waals surface area contributed by atoms with E-state index in [9.17, 15) is 14.0 Å². The molecular formula is C15H16FNO3S. The van der Waals surface area contributed by atoms with Crippen molar-refractivity contribution in [2.75, 3.05) is 7.11 Å². The molecule has 1 N–H and O–H groups in total. The van der Waals surface area contributed by atoms with Gasteiger partial charge in [-0.2, -0.15) is 0 Å². The standard InChI is InChI=1S/C15H16FNO3S/c1-8(2)13(15(19)20-3)17-14(18)12-6-9-4-5-10(16)7-11(9)21-12/h4-8,13H,1-3H3,(H,17,18). The van der Waals surface area contributed by atoms with Crippen molar-refractivity contribution in [1.29, 1.82) is 0 Å². The van der Waals surface area contributed by atoms with Crippen molar-refractivity contribution < 1.29 is 18.7 Å². The zero-order valence-electron chi connectivity index (χ0n) is 12.0. The number of nitrogens with one attached hydrogen (secondary N) is 1. The number of thiophene rings is 1. The third kappa shape index (κ3) is 3.39. The highest BCUT2D eigenvalue weighted by Gasteiger charge is 2.26. The van der Waals surface area contributed by atoms with Gasteiger partial charge < -0.3 is 10.1 Å². The number of hydrogen-bond acceptors (Lipinski definition) is 4. The van der Waals surface area contributed by atoms with Crippen LogP contribution in [0.5, 0.6) is 0 Å². The molecule has 1 unspecified atom stereocenters. The molecule has 1 amide bonds. The zero-order chi connectivity index (χ0) is 15.6.